The minimum Gasteiger partial charge on any atom is -0.199 e. The molecule has 0 aliphatic heterocycles. The van der Waals surface area contributed by atoms with Gasteiger partial charge in [0.1, 0.15) is 0 Å². The Bertz CT molecular complexity index is 192. The van der Waals surface area contributed by atoms with Crippen molar-refractivity contribution in [1.82, 2.24) is 0 Å². The van der Waals surface area contributed by atoms with Gasteiger partial charge in [0.05, 0.1) is 0 Å². The van der Waals surface area contributed by atoms with Crippen molar-refractivity contribution in [3.05, 3.63) is 35.5 Å². The Hall–Kier alpha value is -0.500. The van der Waals surface area contributed by atoms with Crippen LogP contribution >= 0.6 is 11.8 Å². The monoisotopic (exact) mass is 186 g/mol. The first-order valence-electron chi connectivity index (χ1n) is 3.98. The van der Waals surface area contributed by atoms with Crippen molar-refractivity contribution in [2.45, 2.75) is 20.3 Å². The van der Waals surface area contributed by atoms with Gasteiger partial charge < -0.3 is 0 Å². The molecule has 0 bridgehead atoms. The highest BCUT2D eigenvalue weighted by atomic mass is 32.2. The van der Waals surface area contributed by atoms with Gasteiger partial charge in [0.2, 0.25) is 0 Å². The van der Waals surface area contributed by atoms with Gasteiger partial charge in [-0.05, 0) is 18.9 Å². The largest absolute Gasteiger partial charge is 0.199 e. The molecule has 0 spiro atoms. The second-order valence-electron chi connectivity index (χ2n) is 2.38. The first-order chi connectivity index (χ1) is 5.72. The number of hydrogen-bond donors (Lipinski definition) is 0. The summed E-state index contributed by atoms with van der Waals surface area (Å²) < 4.78 is 13.0. The summed E-state index contributed by atoms with van der Waals surface area (Å²) in [6.45, 7) is 7.30. The van der Waals surface area contributed by atoms with E-state index in [1.165, 1.54) is 11.8 Å². The highest BCUT2D eigenvalue weighted by molar-refractivity contribution is 8.03. The highest BCUT2D eigenvalue weighted by Crippen LogP contribution is 2.22. The molecule has 0 N–H and O–H groups in total. The van der Waals surface area contributed by atoms with E-state index in [4.69, 9.17) is 0 Å². The summed E-state index contributed by atoms with van der Waals surface area (Å²) in [7, 11) is 0. The maximum atomic E-state index is 13.0. The highest BCUT2D eigenvalue weighted by Gasteiger charge is 1.97. The summed E-state index contributed by atoms with van der Waals surface area (Å²) in [5.74, 6) is 0.676. The van der Waals surface area contributed by atoms with Crippen LogP contribution in [0.15, 0.2) is 35.5 Å². The fourth-order valence-corrected chi connectivity index (χ4v) is 1.28. The fourth-order valence-electron chi connectivity index (χ4n) is 0.535. The van der Waals surface area contributed by atoms with Crippen molar-refractivity contribution < 1.29 is 4.39 Å². The minimum absolute atomic E-state index is 0.0498. The minimum atomic E-state index is -0.0498. The van der Waals surface area contributed by atoms with Gasteiger partial charge in [0, 0.05) is 5.75 Å². The Balaban J connectivity index is 3.77. The van der Waals surface area contributed by atoms with Crippen molar-refractivity contribution in [2.24, 2.45) is 0 Å². The predicted molar refractivity (Wildman–Crippen MR) is 55.9 cm³/mol. The third kappa shape index (κ3) is 5.19. The number of allylic oxidation sites excluding steroid dienone is 3. The first-order valence-corrected chi connectivity index (χ1v) is 4.96. The van der Waals surface area contributed by atoms with Crippen LogP contribution in [0.4, 0.5) is 4.39 Å². The average Bonchev–Trinajstić information content (AvgIpc) is 2.10. The van der Waals surface area contributed by atoms with Gasteiger partial charge >= 0.3 is 0 Å². The fraction of sp³-hybridized carbons (Fsp3) is 0.400. The molecular weight excluding hydrogens is 171 g/mol. The van der Waals surface area contributed by atoms with Gasteiger partial charge in [0.15, 0.2) is 5.16 Å². The lowest BCUT2D eigenvalue weighted by atomic mass is 10.3. The van der Waals surface area contributed by atoms with Crippen LogP contribution in [0.3, 0.4) is 0 Å². The summed E-state index contributed by atoms with van der Waals surface area (Å²) in [6, 6.07) is 0. The molecule has 0 amide bonds. The molecule has 0 rings (SSSR count). The summed E-state index contributed by atoms with van der Waals surface area (Å²) in [4.78, 5) is 0. The summed E-state index contributed by atoms with van der Waals surface area (Å²) in [5, 5.41) is -0.0498. The quantitative estimate of drug-likeness (QED) is 0.583. The lowest BCUT2D eigenvalue weighted by Gasteiger charge is -1.98. The van der Waals surface area contributed by atoms with Crippen LogP contribution in [0, 0.1) is 0 Å². The van der Waals surface area contributed by atoms with Gasteiger partial charge in [-0.25, -0.2) is 0 Å². The molecule has 0 heterocycles. The normalized spacial score (nSPS) is 13.2. The van der Waals surface area contributed by atoms with Crippen molar-refractivity contribution in [3.63, 3.8) is 0 Å². The zero-order valence-electron chi connectivity index (χ0n) is 7.64. The van der Waals surface area contributed by atoms with E-state index in [9.17, 15) is 4.39 Å². The maximum Gasteiger partial charge on any atom is 0.155 e. The van der Waals surface area contributed by atoms with Crippen molar-refractivity contribution in [1.29, 1.82) is 0 Å². The van der Waals surface area contributed by atoms with Crippen LogP contribution < -0.4 is 0 Å². The molecule has 0 saturated heterocycles. The van der Waals surface area contributed by atoms with E-state index in [1.807, 2.05) is 26.0 Å². The maximum absolute atomic E-state index is 13.0. The average molecular weight is 186 g/mol. The molecule has 0 fully saturated rings. The third-order valence-corrected chi connectivity index (χ3v) is 2.41. The van der Waals surface area contributed by atoms with Gasteiger partial charge in [0.25, 0.3) is 0 Å². The molecule has 0 aliphatic rings. The van der Waals surface area contributed by atoms with Crippen LogP contribution in [0.25, 0.3) is 0 Å². The molecule has 0 aromatic rings. The molecule has 0 atom stereocenters. The molecule has 0 saturated carbocycles. The van der Waals surface area contributed by atoms with Crippen LogP contribution in [0.5, 0.6) is 0 Å². The van der Waals surface area contributed by atoms with E-state index in [2.05, 4.69) is 6.58 Å². The van der Waals surface area contributed by atoms with Crippen LogP contribution in [0.1, 0.15) is 20.3 Å². The number of halogens is 1. The topological polar surface area (TPSA) is 0 Å². The van der Waals surface area contributed by atoms with Gasteiger partial charge in [-0.3, -0.25) is 0 Å². The zero-order valence-corrected chi connectivity index (χ0v) is 8.46. The van der Waals surface area contributed by atoms with Crippen LogP contribution in [0.2, 0.25) is 0 Å². The first kappa shape index (κ1) is 11.5. The van der Waals surface area contributed by atoms with E-state index >= 15 is 0 Å². The number of thioether (sulfide) groups is 1. The molecule has 2 heteroatoms. The third-order valence-electron chi connectivity index (χ3n) is 1.44. The van der Waals surface area contributed by atoms with E-state index in [-0.39, 0.29) is 5.16 Å². The zero-order chi connectivity index (χ0) is 9.40. The Morgan fingerprint density at radius 2 is 2.25 bits per heavy atom. The van der Waals surface area contributed by atoms with Crippen molar-refractivity contribution in [3.8, 4) is 0 Å². The summed E-state index contributed by atoms with van der Waals surface area (Å²) in [6.07, 6.45) is 6.18. The predicted octanol–water partition coefficient (Wildman–Crippen LogP) is 4.07. The van der Waals surface area contributed by atoms with E-state index in [1.54, 1.807) is 6.08 Å². The Morgan fingerprint density at radius 1 is 1.58 bits per heavy atom. The number of hydrogen-bond acceptors (Lipinski definition) is 1. The number of rotatable bonds is 5. The Labute approximate surface area is 78.2 Å². The summed E-state index contributed by atoms with van der Waals surface area (Å²) >= 11 is 1.23. The molecule has 0 nitrogen and oxygen atoms in total. The molecule has 12 heavy (non-hydrogen) atoms. The molecule has 68 valence electrons. The standard InChI is InChI=1S/C10H15FS/c1-4-6-7-8-12-10(11)9(3)5-2/h4,6-7H,1,5,8H2,2-3H3/b7-6+,10-9+. The second-order valence-corrected chi connectivity index (χ2v) is 3.36. The Kier molecular flexibility index (Phi) is 6.87. The molecule has 0 aromatic carbocycles. The summed E-state index contributed by atoms with van der Waals surface area (Å²) in [5.41, 5.74) is 0.826. The second kappa shape index (κ2) is 7.17. The molecule has 0 radical (unpaired) electrons. The lowest BCUT2D eigenvalue weighted by Crippen LogP contribution is -1.77. The van der Waals surface area contributed by atoms with Crippen molar-refractivity contribution >= 4 is 11.8 Å². The van der Waals surface area contributed by atoms with Crippen molar-refractivity contribution in [2.75, 3.05) is 5.75 Å². The Morgan fingerprint density at radius 3 is 2.75 bits per heavy atom. The van der Waals surface area contributed by atoms with Gasteiger partial charge in [-0.15, -0.1) is 0 Å². The van der Waals surface area contributed by atoms with Crippen LogP contribution in [-0.4, -0.2) is 5.75 Å². The smallest absolute Gasteiger partial charge is 0.155 e. The lowest BCUT2D eigenvalue weighted by molar-refractivity contribution is 0.681. The van der Waals surface area contributed by atoms with Gasteiger partial charge in [-0.2, -0.15) is 4.39 Å². The molecule has 0 unspecified atom stereocenters. The van der Waals surface area contributed by atoms with E-state index in [0.29, 0.717) is 5.75 Å². The van der Waals surface area contributed by atoms with Crippen LogP contribution in [-0.2, 0) is 0 Å². The molecular formula is C10H15FS. The van der Waals surface area contributed by atoms with E-state index in [0.717, 1.165) is 12.0 Å². The molecule has 0 aliphatic carbocycles. The van der Waals surface area contributed by atoms with E-state index < -0.39 is 0 Å². The molecule has 0 aromatic heterocycles. The SMILES string of the molecule is C=C/C=C/CS/C(F)=C(\C)CC. The van der Waals surface area contributed by atoms with Gasteiger partial charge in [-0.1, -0.05) is 43.5 Å².